The van der Waals surface area contributed by atoms with Crippen molar-refractivity contribution in [2.24, 2.45) is 5.92 Å². The highest BCUT2D eigenvalue weighted by Gasteiger charge is 2.66. The number of ether oxygens (including phenoxy) is 2. The van der Waals surface area contributed by atoms with Crippen molar-refractivity contribution in [2.75, 3.05) is 5.32 Å². The Kier molecular flexibility index (Phi) is 6.47. The molecule has 2 fully saturated rings. The van der Waals surface area contributed by atoms with Crippen molar-refractivity contribution in [1.82, 2.24) is 4.98 Å². The first-order chi connectivity index (χ1) is 16.3. The van der Waals surface area contributed by atoms with E-state index in [9.17, 15) is 36.2 Å². The first-order valence-corrected chi connectivity index (χ1v) is 10.8. The van der Waals surface area contributed by atoms with E-state index in [1.54, 1.807) is 0 Å². The minimum Gasteiger partial charge on any atom is -0.487 e. The molecule has 2 aromatic rings. The highest BCUT2D eigenvalue weighted by atomic mass is 19.4. The number of hydrogen-bond acceptors (Lipinski definition) is 5. The van der Waals surface area contributed by atoms with Crippen LogP contribution in [0.5, 0.6) is 5.75 Å². The summed E-state index contributed by atoms with van der Waals surface area (Å²) in [6.07, 6.45) is -5.90. The van der Waals surface area contributed by atoms with Crippen LogP contribution in [0.15, 0.2) is 30.6 Å². The SMILES string of the molecule is C[C@H]1[C@@H](c2ccc(F)c(F)c2OC2CC(O)C2)[C@H](C(=O)Nc2cncc(F)c2)O[C@@]1(C)C(F)(F)F. The summed E-state index contributed by atoms with van der Waals surface area (Å²) in [6.45, 7) is 1.96. The number of anilines is 1. The summed E-state index contributed by atoms with van der Waals surface area (Å²) < 4.78 is 95.4. The van der Waals surface area contributed by atoms with Crippen molar-refractivity contribution >= 4 is 11.6 Å². The maximum atomic E-state index is 14.8. The van der Waals surface area contributed by atoms with Crippen LogP contribution in [0.2, 0.25) is 0 Å². The molecule has 0 unspecified atom stereocenters. The second kappa shape index (κ2) is 8.98. The molecule has 0 bridgehead atoms. The first-order valence-electron chi connectivity index (χ1n) is 10.8. The number of benzene rings is 1. The minimum absolute atomic E-state index is 0.128. The number of nitrogens with one attached hydrogen (secondary N) is 1. The Morgan fingerprint density at radius 1 is 1.23 bits per heavy atom. The summed E-state index contributed by atoms with van der Waals surface area (Å²) in [5.41, 5.74) is -3.15. The Bertz CT molecular complexity index is 1120. The minimum atomic E-state index is -4.92. The van der Waals surface area contributed by atoms with E-state index in [-0.39, 0.29) is 24.1 Å². The number of nitrogens with zero attached hydrogens (tertiary/aromatic N) is 1. The lowest BCUT2D eigenvalue weighted by atomic mass is 9.76. The highest BCUT2D eigenvalue weighted by molar-refractivity contribution is 5.95. The van der Waals surface area contributed by atoms with Crippen LogP contribution in [0.3, 0.4) is 0 Å². The summed E-state index contributed by atoms with van der Waals surface area (Å²) in [5.74, 6) is -8.07. The summed E-state index contributed by atoms with van der Waals surface area (Å²) in [7, 11) is 0. The molecule has 2 N–H and O–H groups in total. The Morgan fingerprint density at radius 3 is 2.51 bits per heavy atom. The predicted molar refractivity (Wildman–Crippen MR) is 110 cm³/mol. The molecular weight excluding hydrogens is 482 g/mol. The quantitative estimate of drug-likeness (QED) is 0.587. The van der Waals surface area contributed by atoms with E-state index in [0.717, 1.165) is 37.5 Å². The van der Waals surface area contributed by atoms with Gasteiger partial charge in [-0.1, -0.05) is 13.0 Å². The monoisotopic (exact) mass is 504 g/mol. The lowest BCUT2D eigenvalue weighted by Crippen LogP contribution is -2.47. The molecule has 4 rings (SSSR count). The maximum absolute atomic E-state index is 14.8. The van der Waals surface area contributed by atoms with Crippen LogP contribution in [0, 0.1) is 23.4 Å². The third kappa shape index (κ3) is 4.56. The lowest BCUT2D eigenvalue weighted by Gasteiger charge is -2.34. The Hall–Kier alpha value is -2.86. The molecule has 2 aliphatic rings. The van der Waals surface area contributed by atoms with Gasteiger partial charge < -0.3 is 19.9 Å². The molecule has 2 heterocycles. The van der Waals surface area contributed by atoms with Gasteiger partial charge in [0.25, 0.3) is 5.91 Å². The zero-order chi connectivity index (χ0) is 25.7. The van der Waals surface area contributed by atoms with Crippen molar-refractivity contribution in [3.05, 3.63) is 53.6 Å². The zero-order valence-electron chi connectivity index (χ0n) is 18.6. The van der Waals surface area contributed by atoms with Crippen molar-refractivity contribution in [3.8, 4) is 5.75 Å². The van der Waals surface area contributed by atoms with E-state index >= 15 is 0 Å². The molecule has 1 saturated heterocycles. The van der Waals surface area contributed by atoms with Gasteiger partial charge in [0.15, 0.2) is 17.2 Å². The van der Waals surface area contributed by atoms with Crippen LogP contribution in [0.4, 0.5) is 32.0 Å². The molecule has 1 aromatic carbocycles. The van der Waals surface area contributed by atoms with E-state index in [1.807, 2.05) is 0 Å². The maximum Gasteiger partial charge on any atom is 0.417 e. The number of rotatable bonds is 5. The average molecular weight is 504 g/mol. The molecule has 1 aromatic heterocycles. The molecule has 6 nitrogen and oxygen atoms in total. The van der Waals surface area contributed by atoms with Gasteiger partial charge in [0.1, 0.15) is 18.0 Å². The molecule has 0 spiro atoms. The number of hydrogen-bond donors (Lipinski definition) is 2. The van der Waals surface area contributed by atoms with Crippen molar-refractivity contribution in [1.29, 1.82) is 0 Å². The van der Waals surface area contributed by atoms with Gasteiger partial charge in [-0.3, -0.25) is 9.78 Å². The first kappa shape index (κ1) is 25.2. The number of carbonyl (C=O) groups excluding carboxylic acids is 1. The summed E-state index contributed by atoms with van der Waals surface area (Å²) in [6, 6.07) is 2.70. The number of aromatic nitrogens is 1. The predicted octanol–water partition coefficient (Wildman–Crippen LogP) is 4.48. The smallest absolute Gasteiger partial charge is 0.417 e. The molecule has 4 atom stereocenters. The van der Waals surface area contributed by atoms with Crippen LogP contribution in [-0.4, -0.2) is 46.1 Å². The fourth-order valence-corrected chi connectivity index (χ4v) is 4.45. The molecule has 12 heteroatoms. The van der Waals surface area contributed by atoms with Crippen molar-refractivity contribution < 1.29 is 45.7 Å². The molecule has 1 saturated carbocycles. The van der Waals surface area contributed by atoms with Gasteiger partial charge in [0, 0.05) is 36.3 Å². The zero-order valence-corrected chi connectivity index (χ0v) is 18.6. The largest absolute Gasteiger partial charge is 0.487 e. The van der Waals surface area contributed by atoms with E-state index in [2.05, 4.69) is 10.3 Å². The highest BCUT2D eigenvalue weighted by Crippen LogP contribution is 2.55. The topological polar surface area (TPSA) is 80.7 Å². The van der Waals surface area contributed by atoms with E-state index in [1.165, 1.54) is 6.92 Å². The molecule has 190 valence electrons. The number of amides is 1. The van der Waals surface area contributed by atoms with E-state index < -0.39 is 71.0 Å². The molecule has 0 radical (unpaired) electrons. The summed E-state index contributed by atoms with van der Waals surface area (Å²) in [4.78, 5) is 16.6. The molecule has 35 heavy (non-hydrogen) atoms. The summed E-state index contributed by atoms with van der Waals surface area (Å²) >= 11 is 0. The van der Waals surface area contributed by atoms with Gasteiger partial charge in [-0.15, -0.1) is 0 Å². The Balaban J connectivity index is 1.76. The van der Waals surface area contributed by atoms with E-state index in [4.69, 9.17) is 9.47 Å². The van der Waals surface area contributed by atoms with Crippen molar-refractivity contribution in [3.63, 3.8) is 0 Å². The van der Waals surface area contributed by atoms with Crippen LogP contribution in [-0.2, 0) is 9.53 Å². The van der Waals surface area contributed by atoms with Gasteiger partial charge in [-0.05, 0) is 13.0 Å². The van der Waals surface area contributed by atoms with E-state index in [0.29, 0.717) is 0 Å². The summed E-state index contributed by atoms with van der Waals surface area (Å²) in [5, 5.41) is 11.8. The lowest BCUT2D eigenvalue weighted by molar-refractivity contribution is -0.272. The normalized spacial score (nSPS) is 30.6. The number of aliphatic hydroxyl groups is 1. The fourth-order valence-electron chi connectivity index (χ4n) is 4.45. The number of aliphatic hydroxyl groups excluding tert-OH is 1. The number of alkyl halides is 3. The molecule has 1 amide bonds. The van der Waals surface area contributed by atoms with Gasteiger partial charge in [0.2, 0.25) is 5.82 Å². The van der Waals surface area contributed by atoms with Gasteiger partial charge in [-0.2, -0.15) is 17.6 Å². The average Bonchev–Trinajstić information content (AvgIpc) is 3.02. The fraction of sp³-hybridized carbons (Fsp3) is 0.478. The Labute approximate surface area is 196 Å². The second-order valence-electron chi connectivity index (χ2n) is 8.98. The van der Waals surface area contributed by atoms with Crippen LogP contribution >= 0.6 is 0 Å². The van der Waals surface area contributed by atoms with Crippen LogP contribution in [0.25, 0.3) is 0 Å². The van der Waals surface area contributed by atoms with Gasteiger partial charge >= 0.3 is 6.18 Å². The van der Waals surface area contributed by atoms with Crippen molar-refractivity contribution in [2.45, 2.75) is 62.7 Å². The number of pyridine rings is 1. The molecule has 1 aliphatic heterocycles. The molecule has 1 aliphatic carbocycles. The standard InChI is InChI=1S/C23H22F6N2O4/c1-10-17(15-3-4-16(25)18(26)19(15)34-14-6-13(32)7-14)20(35-22(10,2)23(27,28)29)21(33)31-12-5-11(24)8-30-9-12/h3-5,8-10,13-14,17,20,32H,6-7H2,1-2H3,(H,31,33)/t10-,13?,14?,17-,20+,22+/m0/s1. The van der Waals surface area contributed by atoms with Crippen LogP contribution < -0.4 is 10.1 Å². The Morgan fingerprint density at radius 2 is 1.91 bits per heavy atom. The molecular formula is C23H22F6N2O4. The van der Waals surface area contributed by atoms with Gasteiger partial charge in [0.05, 0.1) is 24.2 Å². The number of carbonyl (C=O) groups is 1. The van der Waals surface area contributed by atoms with Crippen LogP contribution in [0.1, 0.15) is 38.2 Å². The third-order valence-electron chi connectivity index (χ3n) is 6.69. The second-order valence-corrected chi connectivity index (χ2v) is 8.98. The number of halogens is 6. The third-order valence-corrected chi connectivity index (χ3v) is 6.69. The van der Waals surface area contributed by atoms with Gasteiger partial charge in [-0.25, -0.2) is 8.78 Å².